The second-order valence-electron chi connectivity index (χ2n) is 8.39. The largest absolute Gasteiger partial charge is 0.323 e. The van der Waals surface area contributed by atoms with E-state index in [0.717, 1.165) is 33.2 Å². The molecule has 0 saturated heterocycles. The highest BCUT2D eigenvalue weighted by Crippen LogP contribution is 2.30. The van der Waals surface area contributed by atoms with E-state index >= 15 is 0 Å². The Labute approximate surface area is 187 Å². The molecule has 1 aromatic heterocycles. The molecule has 1 heterocycles. The highest BCUT2D eigenvalue weighted by molar-refractivity contribution is 7.13. The molecule has 0 fully saturated rings. The van der Waals surface area contributed by atoms with Crippen LogP contribution in [0, 0.1) is 0 Å². The van der Waals surface area contributed by atoms with Crippen LogP contribution in [-0.2, 0) is 5.41 Å². The molecule has 0 aliphatic heterocycles. The highest BCUT2D eigenvalue weighted by Gasteiger charge is 2.13. The molecule has 0 radical (unpaired) electrons. The molecule has 2 amide bonds. The third-order valence-corrected chi connectivity index (χ3v) is 5.84. The van der Waals surface area contributed by atoms with Gasteiger partial charge < -0.3 is 10.6 Å². The molecule has 4 aromatic rings. The van der Waals surface area contributed by atoms with Gasteiger partial charge in [-0.05, 0) is 35.2 Å². The van der Waals surface area contributed by atoms with Gasteiger partial charge in [-0.1, -0.05) is 75.4 Å². The van der Waals surface area contributed by atoms with Gasteiger partial charge >= 0.3 is 6.03 Å². The molecular weight excluding hydrogens is 402 g/mol. The molecule has 0 aliphatic carbocycles. The summed E-state index contributed by atoms with van der Waals surface area (Å²) in [6.45, 7) is 6.50. The van der Waals surface area contributed by atoms with E-state index in [1.165, 1.54) is 5.56 Å². The van der Waals surface area contributed by atoms with E-state index in [4.69, 9.17) is 4.98 Å². The Bertz CT molecular complexity index is 1180. The second-order valence-corrected chi connectivity index (χ2v) is 9.25. The third-order valence-electron chi connectivity index (χ3n) is 4.95. The molecule has 0 atom stereocenters. The standard InChI is InChI=1S/C26H25N3OS/c1-26(2,3)20-12-14-21(15-13-20)27-25(30)28-22-11-7-10-19(16-22)23-17-31-24(29-23)18-8-5-4-6-9-18/h4-17H,1-3H3,(H2,27,28,30). The quantitative estimate of drug-likeness (QED) is 0.356. The maximum Gasteiger partial charge on any atom is 0.323 e. The number of nitrogens with one attached hydrogen (secondary N) is 2. The maximum absolute atomic E-state index is 12.5. The second kappa shape index (κ2) is 8.74. The zero-order valence-electron chi connectivity index (χ0n) is 17.8. The zero-order valence-corrected chi connectivity index (χ0v) is 18.7. The number of thiazole rings is 1. The number of anilines is 2. The minimum atomic E-state index is -0.274. The van der Waals surface area contributed by atoms with Gasteiger partial charge in [0.2, 0.25) is 0 Å². The Morgan fingerprint density at radius 1 is 0.806 bits per heavy atom. The van der Waals surface area contributed by atoms with Crippen molar-refractivity contribution in [3.05, 3.63) is 89.8 Å². The molecule has 0 saturated carbocycles. The molecule has 4 nitrogen and oxygen atoms in total. The molecular formula is C26H25N3OS. The summed E-state index contributed by atoms with van der Waals surface area (Å²) >= 11 is 1.61. The minimum absolute atomic E-state index is 0.0807. The van der Waals surface area contributed by atoms with Crippen molar-refractivity contribution in [2.75, 3.05) is 10.6 Å². The zero-order chi connectivity index (χ0) is 21.8. The van der Waals surface area contributed by atoms with Gasteiger partial charge in [-0.3, -0.25) is 0 Å². The summed E-state index contributed by atoms with van der Waals surface area (Å²) in [7, 11) is 0. The third kappa shape index (κ3) is 5.19. The number of nitrogens with zero attached hydrogens (tertiary/aromatic N) is 1. The first-order valence-electron chi connectivity index (χ1n) is 10.2. The van der Waals surface area contributed by atoms with Crippen LogP contribution in [0.1, 0.15) is 26.3 Å². The molecule has 4 rings (SSSR count). The Hall–Kier alpha value is -3.44. The summed E-state index contributed by atoms with van der Waals surface area (Å²) in [6, 6.07) is 25.5. The molecule has 0 aliphatic rings. The van der Waals surface area contributed by atoms with Crippen LogP contribution >= 0.6 is 11.3 Å². The van der Waals surface area contributed by atoms with E-state index in [2.05, 4.69) is 43.5 Å². The first-order valence-corrected chi connectivity index (χ1v) is 11.1. The van der Waals surface area contributed by atoms with Crippen LogP contribution in [0.3, 0.4) is 0 Å². The van der Waals surface area contributed by atoms with E-state index in [0.29, 0.717) is 0 Å². The summed E-state index contributed by atoms with van der Waals surface area (Å²) in [5, 5.41) is 8.82. The number of urea groups is 1. The maximum atomic E-state index is 12.5. The van der Waals surface area contributed by atoms with Crippen molar-refractivity contribution in [2.45, 2.75) is 26.2 Å². The van der Waals surface area contributed by atoms with Crippen molar-refractivity contribution in [3.63, 3.8) is 0 Å². The van der Waals surface area contributed by atoms with Crippen LogP contribution < -0.4 is 10.6 Å². The fourth-order valence-corrected chi connectivity index (χ4v) is 4.06. The van der Waals surface area contributed by atoms with Crippen LogP contribution in [0.25, 0.3) is 21.8 Å². The lowest BCUT2D eigenvalue weighted by Crippen LogP contribution is -2.19. The van der Waals surface area contributed by atoms with Crippen LogP contribution in [0.5, 0.6) is 0 Å². The average molecular weight is 428 g/mol. The van der Waals surface area contributed by atoms with E-state index in [1.807, 2.05) is 72.1 Å². The van der Waals surface area contributed by atoms with Crippen LogP contribution in [0.15, 0.2) is 84.2 Å². The lowest BCUT2D eigenvalue weighted by molar-refractivity contribution is 0.262. The van der Waals surface area contributed by atoms with Crippen molar-refractivity contribution >= 4 is 28.7 Å². The number of hydrogen-bond donors (Lipinski definition) is 2. The summed E-state index contributed by atoms with van der Waals surface area (Å²) in [6.07, 6.45) is 0. The lowest BCUT2D eigenvalue weighted by Gasteiger charge is -2.19. The predicted octanol–water partition coefficient (Wildman–Crippen LogP) is 7.42. The normalized spacial score (nSPS) is 11.2. The highest BCUT2D eigenvalue weighted by atomic mass is 32.1. The smallest absolute Gasteiger partial charge is 0.308 e. The summed E-state index contributed by atoms with van der Waals surface area (Å²) in [4.78, 5) is 17.2. The molecule has 31 heavy (non-hydrogen) atoms. The Balaban J connectivity index is 1.44. The number of amides is 2. The lowest BCUT2D eigenvalue weighted by atomic mass is 9.87. The molecule has 0 spiro atoms. The molecule has 0 bridgehead atoms. The molecule has 0 unspecified atom stereocenters. The van der Waals surface area contributed by atoms with Crippen molar-refractivity contribution in [1.29, 1.82) is 0 Å². The first kappa shape index (κ1) is 20.8. The van der Waals surface area contributed by atoms with Gasteiger partial charge in [0.15, 0.2) is 0 Å². The Morgan fingerprint density at radius 2 is 1.48 bits per heavy atom. The van der Waals surface area contributed by atoms with Crippen LogP contribution in [0.4, 0.5) is 16.2 Å². The van der Waals surface area contributed by atoms with E-state index < -0.39 is 0 Å². The topological polar surface area (TPSA) is 54.0 Å². The van der Waals surface area contributed by atoms with Gasteiger partial charge in [0.1, 0.15) is 5.01 Å². The number of carbonyl (C=O) groups excluding carboxylic acids is 1. The number of carbonyl (C=O) groups is 1. The van der Waals surface area contributed by atoms with Crippen LogP contribution in [-0.4, -0.2) is 11.0 Å². The average Bonchev–Trinajstić information content (AvgIpc) is 3.25. The van der Waals surface area contributed by atoms with Crippen molar-refractivity contribution in [1.82, 2.24) is 4.98 Å². The van der Waals surface area contributed by atoms with Gasteiger partial charge in [-0.15, -0.1) is 11.3 Å². The predicted molar refractivity (Wildman–Crippen MR) is 131 cm³/mol. The van der Waals surface area contributed by atoms with Crippen molar-refractivity contribution < 1.29 is 4.79 Å². The number of hydrogen-bond acceptors (Lipinski definition) is 3. The molecule has 2 N–H and O–H groups in total. The Morgan fingerprint density at radius 3 is 2.19 bits per heavy atom. The SMILES string of the molecule is CC(C)(C)c1ccc(NC(=O)Nc2cccc(-c3csc(-c4ccccc4)n3)c2)cc1. The van der Waals surface area contributed by atoms with E-state index in [1.54, 1.807) is 11.3 Å². The Kier molecular flexibility index (Phi) is 5.87. The first-order chi connectivity index (χ1) is 14.9. The van der Waals surface area contributed by atoms with E-state index in [9.17, 15) is 4.79 Å². The van der Waals surface area contributed by atoms with Gasteiger partial charge in [-0.25, -0.2) is 9.78 Å². The minimum Gasteiger partial charge on any atom is -0.308 e. The summed E-state index contributed by atoms with van der Waals surface area (Å²) in [5.74, 6) is 0. The van der Waals surface area contributed by atoms with E-state index in [-0.39, 0.29) is 11.4 Å². The molecule has 5 heteroatoms. The summed E-state index contributed by atoms with van der Waals surface area (Å²) in [5.41, 5.74) is 5.74. The number of benzene rings is 3. The van der Waals surface area contributed by atoms with Crippen LogP contribution in [0.2, 0.25) is 0 Å². The van der Waals surface area contributed by atoms with Gasteiger partial charge in [0.05, 0.1) is 5.69 Å². The summed E-state index contributed by atoms with van der Waals surface area (Å²) < 4.78 is 0. The van der Waals surface area contributed by atoms with Gasteiger partial charge in [-0.2, -0.15) is 0 Å². The monoisotopic (exact) mass is 427 g/mol. The molecule has 3 aromatic carbocycles. The number of aromatic nitrogens is 1. The van der Waals surface area contributed by atoms with Gasteiger partial charge in [0.25, 0.3) is 0 Å². The fourth-order valence-electron chi connectivity index (χ4n) is 3.22. The van der Waals surface area contributed by atoms with Gasteiger partial charge in [0, 0.05) is 27.9 Å². The van der Waals surface area contributed by atoms with Crippen molar-refractivity contribution in [2.24, 2.45) is 0 Å². The van der Waals surface area contributed by atoms with Crippen molar-refractivity contribution in [3.8, 4) is 21.8 Å². The number of rotatable bonds is 4. The fraction of sp³-hybridized carbons (Fsp3) is 0.154. The molecule has 156 valence electrons.